The van der Waals surface area contributed by atoms with E-state index in [0.717, 1.165) is 0 Å². The third-order valence-electron chi connectivity index (χ3n) is 3.50. The molecule has 0 fully saturated rings. The first-order valence-corrected chi connectivity index (χ1v) is 8.89. The topological polar surface area (TPSA) is 79.0 Å². The molecule has 0 bridgehead atoms. The summed E-state index contributed by atoms with van der Waals surface area (Å²) in [6.45, 7) is 4.33. The average molecular weight is 377 g/mol. The fraction of sp³-hybridized carbons (Fsp3) is 0.294. The normalized spacial score (nSPS) is 10.4. The molecular formula is C17H17ClN4O2S. The minimum absolute atomic E-state index is 0.123. The molecule has 0 N–H and O–H groups in total. The van der Waals surface area contributed by atoms with Gasteiger partial charge in [0, 0.05) is 25.2 Å². The first-order valence-electron chi connectivity index (χ1n) is 7.52. The van der Waals surface area contributed by atoms with E-state index < -0.39 is 0 Å². The van der Waals surface area contributed by atoms with Crippen molar-refractivity contribution in [2.24, 2.45) is 0 Å². The molecule has 8 heteroatoms. The first kappa shape index (κ1) is 19.0. The van der Waals surface area contributed by atoms with Crippen molar-refractivity contribution in [3.05, 3.63) is 46.2 Å². The zero-order valence-electron chi connectivity index (χ0n) is 13.7. The summed E-state index contributed by atoms with van der Waals surface area (Å²) in [5.74, 6) is -0.0109. The van der Waals surface area contributed by atoms with Crippen molar-refractivity contribution in [3.8, 4) is 6.07 Å². The van der Waals surface area contributed by atoms with Crippen molar-refractivity contribution in [2.75, 3.05) is 19.3 Å². The number of benzene rings is 1. The van der Waals surface area contributed by atoms with Crippen LogP contribution in [-0.2, 0) is 11.3 Å². The number of nitriles is 1. The molecule has 0 aliphatic carbocycles. The highest BCUT2D eigenvalue weighted by molar-refractivity contribution is 7.99. The van der Waals surface area contributed by atoms with Gasteiger partial charge < -0.3 is 4.90 Å². The monoisotopic (exact) mass is 376 g/mol. The van der Waals surface area contributed by atoms with Crippen LogP contribution in [0.2, 0.25) is 5.02 Å². The van der Waals surface area contributed by atoms with Gasteiger partial charge in [0.2, 0.25) is 5.91 Å². The maximum absolute atomic E-state index is 12.7. The number of rotatable bonds is 7. The molecule has 0 aliphatic heterocycles. The molecule has 1 amide bonds. The van der Waals surface area contributed by atoms with Crippen LogP contribution in [0, 0.1) is 11.3 Å². The number of carbonyl (C=O) groups is 1. The lowest BCUT2D eigenvalue weighted by Gasteiger charge is -2.16. The summed E-state index contributed by atoms with van der Waals surface area (Å²) in [7, 11) is 1.64. The van der Waals surface area contributed by atoms with E-state index in [1.165, 1.54) is 21.2 Å². The summed E-state index contributed by atoms with van der Waals surface area (Å²) in [5.41, 5.74) is 0.292. The van der Waals surface area contributed by atoms with E-state index in [1.54, 1.807) is 31.3 Å². The Kier molecular flexibility index (Phi) is 6.62. The molecule has 1 heterocycles. The minimum Gasteiger partial charge on any atom is -0.344 e. The lowest BCUT2D eigenvalue weighted by molar-refractivity contribution is -0.127. The number of allylic oxidation sites excluding steroid dienone is 1. The zero-order chi connectivity index (χ0) is 18.4. The molecule has 0 saturated heterocycles. The molecular weight excluding hydrogens is 360 g/mol. The Morgan fingerprint density at radius 3 is 3.00 bits per heavy atom. The highest BCUT2D eigenvalue weighted by Gasteiger charge is 2.14. The van der Waals surface area contributed by atoms with Crippen LogP contribution in [0.3, 0.4) is 0 Å². The number of amides is 1. The predicted molar refractivity (Wildman–Crippen MR) is 99.8 cm³/mol. The first-order chi connectivity index (χ1) is 12.0. The van der Waals surface area contributed by atoms with E-state index in [0.29, 0.717) is 34.2 Å². The number of hydrogen-bond donors (Lipinski definition) is 0. The zero-order valence-corrected chi connectivity index (χ0v) is 15.3. The number of nitrogens with zero attached hydrogens (tertiary/aromatic N) is 4. The van der Waals surface area contributed by atoms with Crippen LogP contribution in [-0.4, -0.2) is 39.7 Å². The molecule has 2 rings (SSSR count). The van der Waals surface area contributed by atoms with Gasteiger partial charge in [-0.3, -0.25) is 14.2 Å². The SMILES string of the molecule is C=CCn1c(SCC(=O)N(C)CCC#N)nc2cc(Cl)ccc2c1=O. The predicted octanol–water partition coefficient (Wildman–Crippen LogP) is 2.70. The third-order valence-corrected chi connectivity index (χ3v) is 4.70. The Morgan fingerprint density at radius 2 is 2.32 bits per heavy atom. The van der Waals surface area contributed by atoms with Crippen molar-refractivity contribution in [2.45, 2.75) is 18.1 Å². The molecule has 0 unspecified atom stereocenters. The van der Waals surface area contributed by atoms with Gasteiger partial charge >= 0.3 is 0 Å². The molecule has 6 nitrogen and oxygen atoms in total. The maximum atomic E-state index is 12.7. The fourth-order valence-corrected chi connectivity index (χ4v) is 3.27. The van der Waals surface area contributed by atoms with Gasteiger partial charge in [-0.15, -0.1) is 6.58 Å². The van der Waals surface area contributed by atoms with Gasteiger partial charge in [-0.1, -0.05) is 29.4 Å². The Morgan fingerprint density at radius 1 is 1.56 bits per heavy atom. The van der Waals surface area contributed by atoms with Crippen LogP contribution < -0.4 is 5.56 Å². The number of fused-ring (bicyclic) bond motifs is 1. The highest BCUT2D eigenvalue weighted by atomic mass is 35.5. The Hall–Kier alpha value is -2.30. The van der Waals surface area contributed by atoms with E-state index in [4.69, 9.17) is 16.9 Å². The van der Waals surface area contributed by atoms with Gasteiger partial charge in [0.25, 0.3) is 5.56 Å². The van der Waals surface area contributed by atoms with E-state index in [2.05, 4.69) is 11.6 Å². The summed E-state index contributed by atoms with van der Waals surface area (Å²) in [4.78, 5) is 30.8. The van der Waals surface area contributed by atoms with Crippen LogP contribution in [0.15, 0.2) is 40.8 Å². The van der Waals surface area contributed by atoms with Gasteiger partial charge in [-0.05, 0) is 18.2 Å². The molecule has 0 saturated carbocycles. The number of thioether (sulfide) groups is 1. The molecule has 0 atom stereocenters. The van der Waals surface area contributed by atoms with Gasteiger partial charge in [0.15, 0.2) is 5.16 Å². The van der Waals surface area contributed by atoms with E-state index in [1.807, 2.05) is 6.07 Å². The second kappa shape index (κ2) is 8.70. The van der Waals surface area contributed by atoms with Crippen molar-refractivity contribution in [1.29, 1.82) is 5.26 Å². The number of hydrogen-bond acceptors (Lipinski definition) is 5. The smallest absolute Gasteiger partial charge is 0.262 e. The third kappa shape index (κ3) is 4.62. The lowest BCUT2D eigenvalue weighted by atomic mass is 10.2. The Labute approximate surface area is 154 Å². The largest absolute Gasteiger partial charge is 0.344 e. The molecule has 0 spiro atoms. The molecule has 1 aromatic carbocycles. The molecule has 0 radical (unpaired) electrons. The number of halogens is 1. The van der Waals surface area contributed by atoms with Crippen molar-refractivity contribution >= 4 is 40.2 Å². The van der Waals surface area contributed by atoms with Gasteiger partial charge in [-0.2, -0.15) is 5.26 Å². The second-order valence-electron chi connectivity index (χ2n) is 5.27. The molecule has 130 valence electrons. The lowest BCUT2D eigenvalue weighted by Crippen LogP contribution is -2.30. The summed E-state index contributed by atoms with van der Waals surface area (Å²) in [6.07, 6.45) is 1.89. The summed E-state index contributed by atoms with van der Waals surface area (Å²) < 4.78 is 1.48. The fourth-order valence-electron chi connectivity index (χ4n) is 2.15. The second-order valence-corrected chi connectivity index (χ2v) is 6.65. The average Bonchev–Trinajstić information content (AvgIpc) is 2.60. The number of aromatic nitrogens is 2. The van der Waals surface area contributed by atoms with Gasteiger partial charge in [-0.25, -0.2) is 4.98 Å². The number of carbonyl (C=O) groups excluding carboxylic acids is 1. The Bertz CT molecular complexity index is 904. The standard InChI is InChI=1S/C17H17ClN4O2S/c1-3-8-22-16(24)13-6-5-12(18)10-14(13)20-17(22)25-11-15(23)21(2)9-4-7-19/h3,5-6,10H,1,4,8-9,11H2,2H3. The van der Waals surface area contributed by atoms with Crippen molar-refractivity contribution < 1.29 is 4.79 Å². The van der Waals surface area contributed by atoms with Crippen LogP contribution in [0.4, 0.5) is 0 Å². The molecule has 0 aliphatic rings. The quantitative estimate of drug-likeness (QED) is 0.421. The van der Waals surface area contributed by atoms with Gasteiger partial charge in [0.1, 0.15) is 0 Å². The molecule has 2 aromatic rings. The summed E-state index contributed by atoms with van der Waals surface area (Å²) in [6, 6.07) is 6.92. The Balaban J connectivity index is 2.31. The maximum Gasteiger partial charge on any atom is 0.262 e. The highest BCUT2D eigenvalue weighted by Crippen LogP contribution is 2.20. The summed E-state index contributed by atoms with van der Waals surface area (Å²) in [5, 5.41) is 9.98. The molecule has 1 aromatic heterocycles. The van der Waals surface area contributed by atoms with Gasteiger partial charge in [0.05, 0.1) is 29.1 Å². The van der Waals surface area contributed by atoms with Crippen molar-refractivity contribution in [1.82, 2.24) is 14.5 Å². The van der Waals surface area contributed by atoms with Crippen molar-refractivity contribution in [3.63, 3.8) is 0 Å². The van der Waals surface area contributed by atoms with E-state index in [-0.39, 0.29) is 23.6 Å². The van der Waals surface area contributed by atoms with E-state index in [9.17, 15) is 9.59 Å². The van der Waals surface area contributed by atoms with Crippen LogP contribution in [0.25, 0.3) is 10.9 Å². The minimum atomic E-state index is -0.200. The van der Waals surface area contributed by atoms with E-state index >= 15 is 0 Å². The van der Waals surface area contributed by atoms with Crippen LogP contribution in [0.1, 0.15) is 6.42 Å². The van der Waals surface area contributed by atoms with Crippen LogP contribution in [0.5, 0.6) is 0 Å². The summed E-state index contributed by atoms with van der Waals surface area (Å²) >= 11 is 7.16. The molecule has 25 heavy (non-hydrogen) atoms. The van der Waals surface area contributed by atoms with Crippen LogP contribution >= 0.6 is 23.4 Å².